The first-order valence-electron chi connectivity index (χ1n) is 9.18. The number of hydrogen-bond donors (Lipinski definition) is 1. The molecular weight excluding hydrogens is 360 g/mol. The minimum atomic E-state index is -0.893. The summed E-state index contributed by atoms with van der Waals surface area (Å²) < 4.78 is 10.4. The monoisotopic (exact) mass is 386 g/mol. The lowest BCUT2D eigenvalue weighted by Gasteiger charge is -2.32. The Balaban J connectivity index is 1.98. The van der Waals surface area contributed by atoms with Crippen LogP contribution in [0.25, 0.3) is 0 Å². The summed E-state index contributed by atoms with van der Waals surface area (Å²) >= 11 is 0. The molecule has 1 aromatic heterocycles. The lowest BCUT2D eigenvalue weighted by molar-refractivity contribution is -0.143. The molecule has 1 atom stereocenters. The maximum Gasteiger partial charge on any atom is 0.338 e. The Morgan fingerprint density at radius 1 is 0.964 bits per heavy atom. The standard InChI is InChI=1S/C21H26N2O5/c1-13(2)23(14(3)4)20(25)15(5)28-21(26)16-8-10-17(11-9-16)22-19(24)18-7-6-12-27-18/h6-15H,1-5H3,(H,22,24). The van der Waals surface area contributed by atoms with Crippen LogP contribution in [0.1, 0.15) is 55.5 Å². The molecule has 0 saturated carbocycles. The van der Waals surface area contributed by atoms with Crippen molar-refractivity contribution in [3.05, 3.63) is 54.0 Å². The van der Waals surface area contributed by atoms with E-state index in [0.717, 1.165) is 0 Å². The molecule has 2 aromatic rings. The number of anilines is 1. The molecule has 7 nitrogen and oxygen atoms in total. The van der Waals surface area contributed by atoms with Crippen molar-refractivity contribution < 1.29 is 23.5 Å². The van der Waals surface area contributed by atoms with Gasteiger partial charge in [-0.25, -0.2) is 4.79 Å². The van der Waals surface area contributed by atoms with Crippen LogP contribution in [0.5, 0.6) is 0 Å². The Morgan fingerprint density at radius 3 is 2.07 bits per heavy atom. The molecule has 28 heavy (non-hydrogen) atoms. The molecule has 1 heterocycles. The van der Waals surface area contributed by atoms with Crippen molar-refractivity contribution in [3.63, 3.8) is 0 Å². The minimum Gasteiger partial charge on any atom is -0.459 e. The lowest BCUT2D eigenvalue weighted by Crippen LogP contribution is -2.47. The Labute approximate surface area is 164 Å². The average Bonchev–Trinajstić information content (AvgIpc) is 3.16. The van der Waals surface area contributed by atoms with Crippen LogP contribution in [-0.4, -0.2) is 40.9 Å². The van der Waals surface area contributed by atoms with Gasteiger partial charge in [-0.1, -0.05) is 0 Å². The van der Waals surface area contributed by atoms with Gasteiger partial charge in [0, 0.05) is 17.8 Å². The van der Waals surface area contributed by atoms with Crippen LogP contribution in [0, 0.1) is 0 Å². The number of nitrogens with one attached hydrogen (secondary N) is 1. The number of rotatable bonds is 7. The number of benzene rings is 1. The Hall–Kier alpha value is -3.09. The molecule has 0 radical (unpaired) electrons. The van der Waals surface area contributed by atoms with Gasteiger partial charge in [0.05, 0.1) is 11.8 Å². The highest BCUT2D eigenvalue weighted by atomic mass is 16.5. The van der Waals surface area contributed by atoms with Crippen LogP contribution >= 0.6 is 0 Å². The smallest absolute Gasteiger partial charge is 0.338 e. The Bertz CT molecular complexity index is 802. The van der Waals surface area contributed by atoms with E-state index in [1.165, 1.54) is 18.4 Å². The van der Waals surface area contributed by atoms with Gasteiger partial charge in [-0.3, -0.25) is 9.59 Å². The van der Waals surface area contributed by atoms with Crippen LogP contribution in [0.15, 0.2) is 47.1 Å². The zero-order valence-corrected chi connectivity index (χ0v) is 16.8. The number of amides is 2. The number of carbonyl (C=O) groups excluding carboxylic acids is 3. The molecule has 0 aliphatic rings. The summed E-state index contributed by atoms with van der Waals surface area (Å²) in [7, 11) is 0. The maximum absolute atomic E-state index is 12.6. The lowest BCUT2D eigenvalue weighted by atomic mass is 10.2. The van der Waals surface area contributed by atoms with Crippen LogP contribution in [0.3, 0.4) is 0 Å². The molecule has 150 valence electrons. The quantitative estimate of drug-likeness (QED) is 0.733. The topological polar surface area (TPSA) is 88.8 Å². The highest BCUT2D eigenvalue weighted by Crippen LogP contribution is 2.15. The van der Waals surface area contributed by atoms with E-state index in [-0.39, 0.29) is 35.2 Å². The van der Waals surface area contributed by atoms with Crippen molar-refractivity contribution in [1.29, 1.82) is 0 Å². The Morgan fingerprint density at radius 2 is 1.57 bits per heavy atom. The molecule has 7 heteroatoms. The fraction of sp³-hybridized carbons (Fsp3) is 0.381. The molecule has 1 aromatic carbocycles. The van der Waals surface area contributed by atoms with Crippen molar-refractivity contribution in [2.45, 2.75) is 52.8 Å². The summed E-state index contributed by atoms with van der Waals surface area (Å²) in [6.45, 7) is 9.24. The van der Waals surface area contributed by atoms with E-state index >= 15 is 0 Å². The zero-order chi connectivity index (χ0) is 20.8. The van der Waals surface area contributed by atoms with Gasteiger partial charge in [0.1, 0.15) is 0 Å². The van der Waals surface area contributed by atoms with Crippen LogP contribution in [0.2, 0.25) is 0 Å². The molecule has 1 unspecified atom stereocenters. The van der Waals surface area contributed by atoms with Gasteiger partial charge in [0.2, 0.25) is 0 Å². The number of nitrogens with zero attached hydrogens (tertiary/aromatic N) is 1. The van der Waals surface area contributed by atoms with E-state index < -0.39 is 12.1 Å². The van der Waals surface area contributed by atoms with E-state index in [1.54, 1.807) is 36.1 Å². The molecule has 1 N–H and O–H groups in total. The molecule has 2 amide bonds. The summed E-state index contributed by atoms with van der Waals surface area (Å²) in [6.07, 6.45) is 0.520. The molecule has 0 aliphatic carbocycles. The van der Waals surface area contributed by atoms with Crippen LogP contribution in [-0.2, 0) is 9.53 Å². The number of esters is 1. The van der Waals surface area contributed by atoms with Gasteiger partial charge in [-0.05, 0) is 71.0 Å². The van der Waals surface area contributed by atoms with Crippen LogP contribution < -0.4 is 5.32 Å². The van der Waals surface area contributed by atoms with E-state index in [0.29, 0.717) is 5.69 Å². The first kappa shape index (κ1) is 21.2. The SMILES string of the molecule is CC(OC(=O)c1ccc(NC(=O)c2ccco2)cc1)C(=O)N(C(C)C)C(C)C. The van der Waals surface area contributed by atoms with Crippen LogP contribution in [0.4, 0.5) is 5.69 Å². The predicted octanol–water partition coefficient (Wildman–Crippen LogP) is 3.72. The van der Waals surface area contributed by atoms with Crippen molar-refractivity contribution in [1.82, 2.24) is 4.90 Å². The number of carbonyl (C=O) groups is 3. The number of hydrogen-bond acceptors (Lipinski definition) is 5. The summed E-state index contributed by atoms with van der Waals surface area (Å²) in [4.78, 5) is 38.6. The summed E-state index contributed by atoms with van der Waals surface area (Å²) in [5, 5.41) is 2.66. The highest BCUT2D eigenvalue weighted by Gasteiger charge is 2.27. The highest BCUT2D eigenvalue weighted by molar-refractivity contribution is 6.02. The second-order valence-corrected chi connectivity index (χ2v) is 6.99. The van der Waals surface area contributed by atoms with Gasteiger partial charge in [-0.2, -0.15) is 0 Å². The minimum absolute atomic E-state index is 0.00529. The Kier molecular flexibility index (Phi) is 6.98. The summed E-state index contributed by atoms with van der Waals surface area (Å²) in [5.74, 6) is -1.03. The van der Waals surface area contributed by atoms with Crippen molar-refractivity contribution >= 4 is 23.5 Å². The molecular formula is C21H26N2O5. The zero-order valence-electron chi connectivity index (χ0n) is 16.8. The molecule has 0 spiro atoms. The third-order valence-electron chi connectivity index (χ3n) is 4.12. The summed E-state index contributed by atoms with van der Waals surface area (Å²) in [6, 6.07) is 9.40. The maximum atomic E-state index is 12.6. The fourth-order valence-corrected chi connectivity index (χ4v) is 2.88. The van der Waals surface area contributed by atoms with E-state index in [9.17, 15) is 14.4 Å². The van der Waals surface area contributed by atoms with Crippen molar-refractivity contribution in [2.24, 2.45) is 0 Å². The largest absolute Gasteiger partial charge is 0.459 e. The third kappa shape index (κ3) is 5.22. The van der Waals surface area contributed by atoms with E-state index in [4.69, 9.17) is 9.15 Å². The number of ether oxygens (including phenoxy) is 1. The van der Waals surface area contributed by atoms with Gasteiger partial charge in [0.15, 0.2) is 11.9 Å². The molecule has 0 bridgehead atoms. The van der Waals surface area contributed by atoms with E-state index in [2.05, 4.69) is 5.32 Å². The van der Waals surface area contributed by atoms with Gasteiger partial charge in [0.25, 0.3) is 11.8 Å². The second kappa shape index (κ2) is 9.21. The predicted molar refractivity (Wildman–Crippen MR) is 105 cm³/mol. The number of furan rings is 1. The second-order valence-electron chi connectivity index (χ2n) is 6.99. The van der Waals surface area contributed by atoms with Gasteiger partial charge in [-0.15, -0.1) is 0 Å². The molecule has 2 rings (SSSR count). The third-order valence-corrected chi connectivity index (χ3v) is 4.12. The van der Waals surface area contributed by atoms with Gasteiger partial charge < -0.3 is 19.4 Å². The molecule has 0 fully saturated rings. The molecule has 0 aliphatic heterocycles. The fourth-order valence-electron chi connectivity index (χ4n) is 2.88. The van der Waals surface area contributed by atoms with Crippen molar-refractivity contribution in [3.8, 4) is 0 Å². The first-order valence-corrected chi connectivity index (χ1v) is 9.18. The summed E-state index contributed by atoms with van der Waals surface area (Å²) in [5.41, 5.74) is 0.796. The first-order chi connectivity index (χ1) is 13.2. The molecule has 0 saturated heterocycles. The van der Waals surface area contributed by atoms with Crippen molar-refractivity contribution in [2.75, 3.05) is 5.32 Å². The van der Waals surface area contributed by atoms with E-state index in [1.807, 2.05) is 27.7 Å². The normalized spacial score (nSPS) is 12.0. The van der Waals surface area contributed by atoms with Gasteiger partial charge >= 0.3 is 5.97 Å². The average molecular weight is 386 g/mol.